The smallest absolute Gasteiger partial charge is 0.173 e. The van der Waals surface area contributed by atoms with E-state index in [0.717, 1.165) is 6.92 Å². The SMILES string of the molecule is CCC([O])(F)F. The standard InChI is InChI=1S/C3H5F2O/c1-2-3(4,5)6/h2H2,1H3. The van der Waals surface area contributed by atoms with Crippen molar-refractivity contribution in [2.45, 2.75) is 19.5 Å². The molecule has 0 unspecified atom stereocenters. The molecular formula is C3H5F2O. The third-order valence-corrected chi connectivity index (χ3v) is 0.412. The lowest BCUT2D eigenvalue weighted by Crippen LogP contribution is -2.08. The minimum atomic E-state index is -3.71. The van der Waals surface area contributed by atoms with Gasteiger partial charge in [0.2, 0.25) is 0 Å². The molecule has 0 aromatic rings. The number of alkyl halides is 2. The topological polar surface area (TPSA) is 19.9 Å². The molecule has 0 fully saturated rings. The zero-order valence-corrected chi connectivity index (χ0v) is 3.37. The average molecular weight is 95.1 g/mol. The lowest BCUT2D eigenvalue weighted by molar-refractivity contribution is -0.242. The first-order chi connectivity index (χ1) is 2.56. The summed E-state index contributed by atoms with van der Waals surface area (Å²) in [7, 11) is 0. The van der Waals surface area contributed by atoms with Crippen molar-refractivity contribution in [3.8, 4) is 0 Å². The maximum Gasteiger partial charge on any atom is 0.381 e. The van der Waals surface area contributed by atoms with Gasteiger partial charge < -0.3 is 0 Å². The fraction of sp³-hybridized carbons (Fsp3) is 1.00. The Balaban J connectivity index is 3.17. The molecule has 0 aliphatic carbocycles. The molecule has 1 radical (unpaired) electrons. The summed E-state index contributed by atoms with van der Waals surface area (Å²) in [6, 6.07) is 0. The van der Waals surface area contributed by atoms with Crippen molar-refractivity contribution < 1.29 is 13.9 Å². The first-order valence-corrected chi connectivity index (χ1v) is 1.64. The van der Waals surface area contributed by atoms with Gasteiger partial charge in [0.25, 0.3) is 0 Å². The Morgan fingerprint density at radius 2 is 1.83 bits per heavy atom. The summed E-state index contributed by atoms with van der Waals surface area (Å²) < 4.78 is 21.8. The predicted octanol–water partition coefficient (Wildman–Crippen LogP) is 1.42. The van der Waals surface area contributed by atoms with Gasteiger partial charge in [-0.15, -0.1) is 0 Å². The van der Waals surface area contributed by atoms with Crippen LogP contribution in [0, 0.1) is 0 Å². The fourth-order valence-corrected chi connectivity index (χ4v) is 0. The van der Waals surface area contributed by atoms with Gasteiger partial charge in [-0.3, -0.25) is 0 Å². The molecule has 0 N–H and O–H groups in total. The van der Waals surface area contributed by atoms with Crippen LogP contribution >= 0.6 is 0 Å². The fourth-order valence-electron chi connectivity index (χ4n) is 0. The first kappa shape index (κ1) is 5.82. The lowest BCUT2D eigenvalue weighted by Gasteiger charge is -1.96. The van der Waals surface area contributed by atoms with E-state index in [-0.39, 0.29) is 0 Å². The Hall–Kier alpha value is -0.180. The molecule has 0 aromatic carbocycles. The number of rotatable bonds is 1. The second kappa shape index (κ2) is 1.51. The molecule has 6 heavy (non-hydrogen) atoms. The molecular weight excluding hydrogens is 90.0 g/mol. The molecule has 3 heteroatoms. The Morgan fingerprint density at radius 1 is 1.67 bits per heavy atom. The minimum absolute atomic E-state index is 0.618. The monoisotopic (exact) mass is 95.0 g/mol. The molecule has 0 heterocycles. The highest BCUT2D eigenvalue weighted by atomic mass is 19.3. The largest absolute Gasteiger partial charge is 0.381 e. The zero-order valence-electron chi connectivity index (χ0n) is 3.37. The van der Waals surface area contributed by atoms with Crippen LogP contribution in [0.3, 0.4) is 0 Å². The van der Waals surface area contributed by atoms with Gasteiger partial charge in [-0.2, -0.15) is 13.9 Å². The number of hydrogen-bond acceptors (Lipinski definition) is 0. The summed E-state index contributed by atoms with van der Waals surface area (Å²) in [5.74, 6) is 0. The minimum Gasteiger partial charge on any atom is -0.173 e. The molecule has 1 nitrogen and oxygen atoms in total. The molecule has 0 rings (SSSR count). The molecule has 0 atom stereocenters. The Labute approximate surface area is 34.6 Å². The van der Waals surface area contributed by atoms with Crippen LogP contribution < -0.4 is 0 Å². The Bertz CT molecular complexity index is 38.5. The van der Waals surface area contributed by atoms with E-state index in [1.807, 2.05) is 0 Å². The summed E-state index contributed by atoms with van der Waals surface area (Å²) in [4.78, 5) is 0. The van der Waals surface area contributed by atoms with Crippen LogP contribution in [0.1, 0.15) is 13.3 Å². The van der Waals surface area contributed by atoms with Crippen molar-refractivity contribution in [1.82, 2.24) is 0 Å². The number of halogens is 2. The van der Waals surface area contributed by atoms with E-state index >= 15 is 0 Å². The van der Waals surface area contributed by atoms with Gasteiger partial charge in [0, 0.05) is 6.42 Å². The van der Waals surface area contributed by atoms with Crippen LogP contribution in [0.2, 0.25) is 0 Å². The molecule has 0 aromatic heterocycles. The predicted molar refractivity (Wildman–Crippen MR) is 15.9 cm³/mol. The molecule has 0 aliphatic heterocycles. The van der Waals surface area contributed by atoms with Crippen LogP contribution in [0.4, 0.5) is 8.78 Å². The Morgan fingerprint density at radius 3 is 1.83 bits per heavy atom. The van der Waals surface area contributed by atoms with Crippen LogP contribution in [0.15, 0.2) is 0 Å². The van der Waals surface area contributed by atoms with Gasteiger partial charge in [-0.25, -0.2) is 0 Å². The molecule has 0 spiro atoms. The van der Waals surface area contributed by atoms with E-state index in [1.54, 1.807) is 0 Å². The average Bonchev–Trinajstić information content (AvgIpc) is 1.35. The van der Waals surface area contributed by atoms with Crippen LogP contribution in [0.5, 0.6) is 0 Å². The van der Waals surface area contributed by atoms with Crippen molar-refractivity contribution in [1.29, 1.82) is 0 Å². The van der Waals surface area contributed by atoms with Gasteiger partial charge in [-0.1, -0.05) is 6.92 Å². The quantitative estimate of drug-likeness (QED) is 0.469. The van der Waals surface area contributed by atoms with E-state index in [4.69, 9.17) is 5.11 Å². The van der Waals surface area contributed by atoms with Crippen molar-refractivity contribution in [3.63, 3.8) is 0 Å². The van der Waals surface area contributed by atoms with Gasteiger partial charge in [0.05, 0.1) is 0 Å². The summed E-state index contributed by atoms with van der Waals surface area (Å²) in [6.45, 7) is 1.15. The van der Waals surface area contributed by atoms with Crippen molar-refractivity contribution >= 4 is 0 Å². The van der Waals surface area contributed by atoms with E-state index in [2.05, 4.69) is 0 Å². The van der Waals surface area contributed by atoms with Crippen molar-refractivity contribution in [3.05, 3.63) is 0 Å². The van der Waals surface area contributed by atoms with Crippen LogP contribution in [-0.4, -0.2) is 6.11 Å². The third kappa shape index (κ3) is 3.82. The Kier molecular flexibility index (Phi) is 1.47. The van der Waals surface area contributed by atoms with Crippen molar-refractivity contribution in [2.75, 3.05) is 0 Å². The first-order valence-electron chi connectivity index (χ1n) is 1.64. The molecule has 0 aliphatic rings. The molecule has 0 saturated heterocycles. The van der Waals surface area contributed by atoms with Gasteiger partial charge in [0.15, 0.2) is 0 Å². The molecule has 0 amide bonds. The normalized spacial score (nSPS) is 12.0. The van der Waals surface area contributed by atoms with Crippen LogP contribution in [0.25, 0.3) is 0 Å². The number of hydrogen-bond donors (Lipinski definition) is 0. The zero-order chi connectivity index (χ0) is 5.21. The second-order valence-electron chi connectivity index (χ2n) is 0.991. The highest BCUT2D eigenvalue weighted by Gasteiger charge is 2.22. The molecule has 0 saturated carbocycles. The van der Waals surface area contributed by atoms with Gasteiger partial charge in [0.1, 0.15) is 0 Å². The van der Waals surface area contributed by atoms with E-state index in [1.165, 1.54) is 0 Å². The summed E-state index contributed by atoms with van der Waals surface area (Å²) in [5.41, 5.74) is 0. The third-order valence-electron chi connectivity index (χ3n) is 0.412. The van der Waals surface area contributed by atoms with E-state index in [9.17, 15) is 8.78 Å². The lowest BCUT2D eigenvalue weighted by atomic mass is 10.5. The summed E-state index contributed by atoms with van der Waals surface area (Å²) in [5, 5.41) is 9.14. The summed E-state index contributed by atoms with van der Waals surface area (Å²) >= 11 is 0. The van der Waals surface area contributed by atoms with Crippen molar-refractivity contribution in [2.24, 2.45) is 0 Å². The highest BCUT2D eigenvalue weighted by molar-refractivity contribution is 4.37. The summed E-state index contributed by atoms with van der Waals surface area (Å²) in [6.07, 6.45) is -4.33. The van der Waals surface area contributed by atoms with Gasteiger partial charge >= 0.3 is 6.11 Å². The van der Waals surface area contributed by atoms with E-state index < -0.39 is 12.5 Å². The maximum atomic E-state index is 10.9. The van der Waals surface area contributed by atoms with E-state index in [0.29, 0.717) is 0 Å². The highest BCUT2D eigenvalue weighted by Crippen LogP contribution is 2.11. The van der Waals surface area contributed by atoms with Crippen LogP contribution in [-0.2, 0) is 5.11 Å². The molecule has 0 bridgehead atoms. The van der Waals surface area contributed by atoms with Gasteiger partial charge in [-0.05, 0) is 0 Å². The maximum absolute atomic E-state index is 10.9. The second-order valence-corrected chi connectivity index (χ2v) is 0.991. The molecule has 37 valence electrons.